The molecule has 100 heavy (non-hydrogen) atoms. The van der Waals surface area contributed by atoms with E-state index in [-0.39, 0.29) is 25.7 Å². The Morgan fingerprint density at radius 1 is 0.280 bits per heavy atom. The van der Waals surface area contributed by atoms with Crippen LogP contribution in [-0.2, 0) is 65.4 Å². The number of phosphoric ester groups is 2. The lowest BCUT2D eigenvalue weighted by Gasteiger charge is -2.21. The van der Waals surface area contributed by atoms with E-state index in [9.17, 15) is 43.2 Å². The van der Waals surface area contributed by atoms with Crippen molar-refractivity contribution in [3.05, 3.63) is 97.2 Å². The summed E-state index contributed by atoms with van der Waals surface area (Å²) in [6.07, 6.45) is 76.9. The third-order valence-electron chi connectivity index (χ3n) is 16.5. The van der Waals surface area contributed by atoms with Gasteiger partial charge in [0.2, 0.25) is 0 Å². The second-order valence-corrected chi connectivity index (χ2v) is 29.2. The van der Waals surface area contributed by atoms with Crippen molar-refractivity contribution in [1.82, 2.24) is 0 Å². The van der Waals surface area contributed by atoms with Crippen molar-refractivity contribution in [2.24, 2.45) is 0 Å². The van der Waals surface area contributed by atoms with Crippen molar-refractivity contribution < 1.29 is 80.2 Å². The van der Waals surface area contributed by atoms with Crippen LogP contribution in [0.3, 0.4) is 0 Å². The van der Waals surface area contributed by atoms with Gasteiger partial charge in [0.05, 0.1) is 26.4 Å². The molecule has 0 amide bonds. The van der Waals surface area contributed by atoms with Gasteiger partial charge in [0.25, 0.3) is 0 Å². The minimum Gasteiger partial charge on any atom is -0.462 e. The molecular weight excluding hydrogens is 1310 g/mol. The topological polar surface area (TPSA) is 237 Å². The molecule has 0 heterocycles. The molecule has 0 bridgehead atoms. The minimum absolute atomic E-state index is 0.0367. The maximum atomic E-state index is 13.1. The van der Waals surface area contributed by atoms with Gasteiger partial charge in [-0.05, 0) is 141 Å². The molecule has 0 radical (unpaired) electrons. The summed E-state index contributed by atoms with van der Waals surface area (Å²) in [4.78, 5) is 72.9. The van der Waals surface area contributed by atoms with Crippen molar-refractivity contribution >= 4 is 39.5 Å². The Labute approximate surface area is 607 Å². The predicted octanol–water partition coefficient (Wildman–Crippen LogP) is 22.8. The van der Waals surface area contributed by atoms with Crippen LogP contribution in [0.15, 0.2) is 97.2 Å². The molecular formula is C81H142O17P2. The second kappa shape index (κ2) is 73.3. The van der Waals surface area contributed by atoms with Gasteiger partial charge in [0, 0.05) is 25.7 Å². The van der Waals surface area contributed by atoms with E-state index >= 15 is 0 Å². The molecule has 0 aromatic rings. The molecule has 5 atom stereocenters. The molecule has 3 N–H and O–H groups in total. The number of aliphatic hydroxyl groups excluding tert-OH is 1. The van der Waals surface area contributed by atoms with Crippen molar-refractivity contribution in [2.75, 3.05) is 39.6 Å². The van der Waals surface area contributed by atoms with Crippen molar-refractivity contribution in [3.8, 4) is 0 Å². The SMILES string of the molecule is CCCCC/C=C\C/C=C\C/C=C\C/C=C\C/C=C\CCC(=O)OC[C@H](COP(=O)(O)OC[C@@H](O)COP(=O)(O)OC[C@@H](COC(=O)CCCCCCC/C=C\CCCCCC)OC(=O)CCCCCCCCC/C=C\CCCCCC)OC(=O)CCCCCCC/C=C\CCCCCC. The van der Waals surface area contributed by atoms with Crippen LogP contribution >= 0.6 is 15.6 Å². The van der Waals surface area contributed by atoms with E-state index < -0.39 is 97.5 Å². The number of allylic oxidation sites excluding steroid dienone is 16. The first-order valence-corrected chi connectivity index (χ1v) is 42.5. The Hall–Kier alpha value is -4.02. The van der Waals surface area contributed by atoms with E-state index in [1.165, 1.54) is 96.3 Å². The number of esters is 4. The summed E-state index contributed by atoms with van der Waals surface area (Å²) in [6.45, 7) is 4.72. The van der Waals surface area contributed by atoms with Gasteiger partial charge in [-0.25, -0.2) is 9.13 Å². The first kappa shape index (κ1) is 96.0. The molecule has 578 valence electrons. The summed E-state index contributed by atoms with van der Waals surface area (Å²) >= 11 is 0. The molecule has 0 aromatic carbocycles. The highest BCUT2D eigenvalue weighted by Crippen LogP contribution is 2.45. The van der Waals surface area contributed by atoms with E-state index in [2.05, 4.69) is 113 Å². The number of phosphoric acid groups is 2. The van der Waals surface area contributed by atoms with Gasteiger partial charge in [-0.2, -0.15) is 0 Å². The number of aliphatic hydroxyl groups is 1. The number of carbonyl (C=O) groups excluding carboxylic acids is 4. The fourth-order valence-corrected chi connectivity index (χ4v) is 12.0. The molecule has 0 spiro atoms. The molecule has 0 aliphatic carbocycles. The van der Waals surface area contributed by atoms with E-state index in [1.54, 1.807) is 0 Å². The Balaban J connectivity index is 5.40. The normalized spacial score (nSPS) is 14.4. The lowest BCUT2D eigenvalue weighted by Crippen LogP contribution is -2.30. The highest BCUT2D eigenvalue weighted by Gasteiger charge is 2.30. The summed E-state index contributed by atoms with van der Waals surface area (Å²) in [5.74, 6) is -2.28. The minimum atomic E-state index is -4.99. The van der Waals surface area contributed by atoms with E-state index in [0.29, 0.717) is 32.1 Å². The second-order valence-electron chi connectivity index (χ2n) is 26.3. The summed E-state index contributed by atoms with van der Waals surface area (Å²) in [6, 6.07) is 0. The molecule has 0 aliphatic rings. The van der Waals surface area contributed by atoms with Gasteiger partial charge in [0.15, 0.2) is 12.2 Å². The van der Waals surface area contributed by atoms with Gasteiger partial charge < -0.3 is 33.8 Å². The maximum absolute atomic E-state index is 13.1. The zero-order chi connectivity index (χ0) is 73.2. The highest BCUT2D eigenvalue weighted by atomic mass is 31.2. The Bertz CT molecular complexity index is 2270. The zero-order valence-electron chi connectivity index (χ0n) is 63.1. The summed E-state index contributed by atoms with van der Waals surface area (Å²) < 4.78 is 68.4. The molecule has 2 unspecified atom stereocenters. The van der Waals surface area contributed by atoms with Crippen LogP contribution < -0.4 is 0 Å². The van der Waals surface area contributed by atoms with Crippen molar-refractivity contribution in [2.45, 2.75) is 354 Å². The number of ether oxygens (including phenoxy) is 4. The summed E-state index contributed by atoms with van der Waals surface area (Å²) in [7, 11) is -9.97. The largest absolute Gasteiger partial charge is 0.472 e. The average molecular weight is 1450 g/mol. The Morgan fingerprint density at radius 3 is 0.840 bits per heavy atom. The Kier molecular flexibility index (Phi) is 70.4. The number of rotatable bonds is 74. The monoisotopic (exact) mass is 1450 g/mol. The van der Waals surface area contributed by atoms with Gasteiger partial charge in [0.1, 0.15) is 19.3 Å². The summed E-state index contributed by atoms with van der Waals surface area (Å²) in [5, 5.41) is 10.6. The van der Waals surface area contributed by atoms with Crippen molar-refractivity contribution in [3.63, 3.8) is 0 Å². The fourth-order valence-electron chi connectivity index (χ4n) is 10.4. The summed E-state index contributed by atoms with van der Waals surface area (Å²) in [5.41, 5.74) is 0. The first-order valence-electron chi connectivity index (χ1n) is 39.5. The Morgan fingerprint density at radius 2 is 0.510 bits per heavy atom. The molecule has 0 fully saturated rings. The van der Waals surface area contributed by atoms with Gasteiger partial charge in [-0.1, -0.05) is 266 Å². The van der Waals surface area contributed by atoms with Crippen molar-refractivity contribution in [1.29, 1.82) is 0 Å². The highest BCUT2D eigenvalue weighted by molar-refractivity contribution is 7.47. The zero-order valence-corrected chi connectivity index (χ0v) is 64.9. The number of unbranched alkanes of at least 4 members (excludes halogenated alkanes) is 32. The van der Waals surface area contributed by atoms with Gasteiger partial charge >= 0.3 is 39.5 Å². The lowest BCUT2D eigenvalue weighted by atomic mass is 10.1. The standard InChI is InChI=1S/C81H142O17P2/c1-5-9-13-17-21-25-29-33-35-36-37-38-40-43-46-50-54-58-62-66-79(84)92-72-76(97-80(85)67-63-59-55-51-47-42-32-28-24-20-16-12-8-4)73-95-99(87,88)93-69-75(82)70-94-100(89,90)96-74-77(71-91-78(83)65-61-57-53-49-45-41-31-27-23-19-15-11-7-3)98-81(86)68-64-60-56-52-48-44-39-34-30-26-22-18-14-10-6-2/h21,25-28,30-33,35,37-38,43,46,54,58,75-77,82H,5-20,22-24,29,34,36,39-42,44-45,47-53,55-57,59-74H2,1-4H3,(H,87,88)(H,89,90)/b25-21-,30-26-,31-27-,32-28-,35-33-,38-37-,46-43-,58-54-/t75-,76-,77-/m1/s1. The predicted molar refractivity (Wildman–Crippen MR) is 409 cm³/mol. The molecule has 0 saturated carbocycles. The molecule has 0 aliphatic heterocycles. The van der Waals surface area contributed by atoms with Gasteiger partial charge in [-0.15, -0.1) is 0 Å². The third kappa shape index (κ3) is 72.3. The number of carbonyl (C=O) groups is 4. The average Bonchev–Trinajstić information content (AvgIpc) is 0.924. The van der Waals surface area contributed by atoms with Crippen LogP contribution in [0.5, 0.6) is 0 Å². The molecule has 0 aromatic heterocycles. The van der Waals surface area contributed by atoms with Crippen LogP contribution in [0.25, 0.3) is 0 Å². The molecule has 0 rings (SSSR count). The third-order valence-corrected chi connectivity index (χ3v) is 18.4. The molecule has 19 heteroatoms. The molecule has 17 nitrogen and oxygen atoms in total. The van der Waals surface area contributed by atoms with Crippen LogP contribution in [0.1, 0.15) is 336 Å². The van der Waals surface area contributed by atoms with E-state index in [0.717, 1.165) is 154 Å². The number of hydrogen-bond acceptors (Lipinski definition) is 15. The lowest BCUT2D eigenvalue weighted by molar-refractivity contribution is -0.161. The molecule has 0 saturated heterocycles. The smallest absolute Gasteiger partial charge is 0.462 e. The van der Waals surface area contributed by atoms with Gasteiger partial charge in [-0.3, -0.25) is 37.3 Å². The fraction of sp³-hybridized carbons (Fsp3) is 0.753. The number of hydrogen-bond donors (Lipinski definition) is 3. The maximum Gasteiger partial charge on any atom is 0.472 e. The first-order chi connectivity index (χ1) is 48.7. The van der Waals surface area contributed by atoms with Crippen LogP contribution in [0, 0.1) is 0 Å². The van der Waals surface area contributed by atoms with Crippen LogP contribution in [0.2, 0.25) is 0 Å². The quantitative estimate of drug-likeness (QED) is 0.0169. The van der Waals surface area contributed by atoms with Crippen LogP contribution in [0.4, 0.5) is 0 Å². The van der Waals surface area contributed by atoms with E-state index in [4.69, 9.17) is 37.0 Å². The van der Waals surface area contributed by atoms with E-state index in [1.807, 2.05) is 12.2 Å². The van der Waals surface area contributed by atoms with Crippen LogP contribution in [-0.4, -0.2) is 96.7 Å².